The van der Waals surface area contributed by atoms with Crippen molar-refractivity contribution >= 4 is 5.97 Å². The van der Waals surface area contributed by atoms with Crippen LogP contribution in [0.4, 0.5) is 0 Å². The summed E-state index contributed by atoms with van der Waals surface area (Å²) < 4.78 is 17.9. The molecule has 3 rings (SSSR count). The van der Waals surface area contributed by atoms with E-state index in [1.165, 1.54) is 20.0 Å². The fourth-order valence-electron chi connectivity index (χ4n) is 4.52. The van der Waals surface area contributed by atoms with Crippen LogP contribution in [0, 0.1) is 5.92 Å². The quantitative estimate of drug-likeness (QED) is 0.159. The number of benzene rings is 1. The molecule has 33 heavy (non-hydrogen) atoms. The molecule has 0 amide bonds. The lowest BCUT2D eigenvalue weighted by Crippen LogP contribution is -2.65. The second-order valence-electron chi connectivity index (χ2n) is 9.31. The van der Waals surface area contributed by atoms with Gasteiger partial charge in [-0.15, -0.1) is 0 Å². The third-order valence-electron chi connectivity index (χ3n) is 6.04. The first kappa shape index (κ1) is 25.2. The zero-order valence-corrected chi connectivity index (χ0v) is 20.1. The van der Waals surface area contributed by atoms with Gasteiger partial charge in [-0.25, -0.2) is 0 Å². The van der Waals surface area contributed by atoms with Crippen molar-refractivity contribution in [1.29, 1.82) is 0 Å². The van der Waals surface area contributed by atoms with Gasteiger partial charge in [-0.3, -0.25) is 9.69 Å². The highest BCUT2D eigenvalue weighted by molar-refractivity contribution is 5.76. The molecule has 8 nitrogen and oxygen atoms in total. The second-order valence-corrected chi connectivity index (χ2v) is 9.31. The summed E-state index contributed by atoms with van der Waals surface area (Å²) in [4.78, 5) is 18.1. The summed E-state index contributed by atoms with van der Waals surface area (Å²) in [6.45, 7) is 6.57. The molecule has 1 aliphatic carbocycles. The molecule has 0 aromatic heterocycles. The number of hydrogen-bond donors (Lipinski definition) is 0. The Morgan fingerprint density at radius 2 is 2.06 bits per heavy atom. The molecule has 4 atom stereocenters. The Kier molecular flexibility index (Phi) is 8.92. The van der Waals surface area contributed by atoms with E-state index in [0.717, 1.165) is 5.56 Å². The Labute approximate surface area is 196 Å². The molecular weight excluding hydrogens is 420 g/mol. The lowest BCUT2D eigenvalue weighted by Gasteiger charge is -2.51. The summed E-state index contributed by atoms with van der Waals surface area (Å²) in [5.74, 6) is -0.621. The van der Waals surface area contributed by atoms with Crippen LogP contribution in [0.5, 0.6) is 0 Å². The average molecular weight is 457 g/mol. The van der Waals surface area contributed by atoms with E-state index in [0.29, 0.717) is 31.8 Å². The van der Waals surface area contributed by atoms with Gasteiger partial charge in [0.2, 0.25) is 0 Å². The van der Waals surface area contributed by atoms with Gasteiger partial charge in [0.15, 0.2) is 5.79 Å². The largest absolute Gasteiger partial charge is 0.468 e. The fourth-order valence-corrected chi connectivity index (χ4v) is 4.52. The summed E-state index contributed by atoms with van der Waals surface area (Å²) in [6.07, 6.45) is 7.44. The molecule has 180 valence electrons. The van der Waals surface area contributed by atoms with Crippen LogP contribution in [0.1, 0.15) is 45.6 Å². The van der Waals surface area contributed by atoms with Crippen molar-refractivity contribution in [3.05, 3.63) is 58.5 Å². The minimum Gasteiger partial charge on any atom is -0.468 e. The zero-order valence-electron chi connectivity index (χ0n) is 20.1. The van der Waals surface area contributed by atoms with Crippen molar-refractivity contribution in [3.63, 3.8) is 0 Å². The summed E-state index contributed by atoms with van der Waals surface area (Å²) in [5.41, 5.74) is 9.84. The molecule has 1 saturated carbocycles. The van der Waals surface area contributed by atoms with Crippen LogP contribution >= 0.6 is 0 Å². The molecule has 2 fully saturated rings. The molecule has 0 unspecified atom stereocenters. The van der Waals surface area contributed by atoms with Gasteiger partial charge < -0.3 is 14.2 Å². The SMILES string of the molecule is COC(=O)[C@H](Cc1ccccc1)N1C[C@](C)(OC(C)C)O[C@@H](CCN=[N+]=[N-])[C@H]1/C=C/C1CC1. The molecule has 1 aliphatic heterocycles. The van der Waals surface area contributed by atoms with E-state index in [9.17, 15) is 4.79 Å². The lowest BCUT2D eigenvalue weighted by atomic mass is 9.95. The van der Waals surface area contributed by atoms with Gasteiger partial charge in [0, 0.05) is 11.5 Å². The van der Waals surface area contributed by atoms with Crippen LogP contribution in [0.2, 0.25) is 0 Å². The normalized spacial score (nSPS) is 26.8. The van der Waals surface area contributed by atoms with Crippen molar-refractivity contribution in [3.8, 4) is 0 Å². The van der Waals surface area contributed by atoms with Crippen LogP contribution in [-0.2, 0) is 25.4 Å². The molecule has 2 aliphatic rings. The standard InChI is InChI=1S/C25H36N4O4/c1-18(2)32-25(3)17-29(22(24(30)31-4)16-20-8-6-5-7-9-20)21(13-12-19-10-11-19)23(33-25)14-15-27-28-26/h5-9,12-13,18-19,21-23H,10-11,14-17H2,1-4H3/b13-12+/t21-,22+,23+,25-/m1/s1. The Bertz CT molecular complexity index is 851. The molecule has 0 radical (unpaired) electrons. The molecular formula is C25H36N4O4. The summed E-state index contributed by atoms with van der Waals surface area (Å²) in [6, 6.07) is 9.28. The Morgan fingerprint density at radius 1 is 1.33 bits per heavy atom. The van der Waals surface area contributed by atoms with E-state index >= 15 is 0 Å². The predicted molar refractivity (Wildman–Crippen MR) is 126 cm³/mol. The number of rotatable bonds is 11. The molecule has 0 N–H and O–H groups in total. The number of esters is 1. The number of azide groups is 1. The van der Waals surface area contributed by atoms with Gasteiger partial charge in [-0.1, -0.05) is 47.6 Å². The number of methoxy groups -OCH3 is 1. The number of morpholine rings is 1. The molecule has 1 heterocycles. The minimum absolute atomic E-state index is 0.0566. The molecule has 0 spiro atoms. The Balaban J connectivity index is 1.98. The number of ether oxygens (including phenoxy) is 3. The van der Waals surface area contributed by atoms with Crippen LogP contribution in [-0.4, -0.2) is 61.1 Å². The highest BCUT2D eigenvalue weighted by Gasteiger charge is 2.47. The van der Waals surface area contributed by atoms with Crippen LogP contribution in [0.15, 0.2) is 47.6 Å². The molecule has 8 heteroatoms. The molecule has 1 aromatic rings. The second kappa shape index (κ2) is 11.7. The molecule has 1 saturated heterocycles. The van der Waals surface area contributed by atoms with E-state index in [4.69, 9.17) is 19.7 Å². The van der Waals surface area contributed by atoms with Gasteiger partial charge in [-0.2, -0.15) is 0 Å². The monoisotopic (exact) mass is 456 g/mol. The van der Waals surface area contributed by atoms with Crippen molar-refractivity contribution < 1.29 is 19.0 Å². The number of carbonyl (C=O) groups excluding carboxylic acids is 1. The Morgan fingerprint density at radius 3 is 2.67 bits per heavy atom. The topological polar surface area (TPSA) is 96.8 Å². The summed E-state index contributed by atoms with van der Waals surface area (Å²) >= 11 is 0. The summed E-state index contributed by atoms with van der Waals surface area (Å²) in [7, 11) is 1.43. The van der Waals surface area contributed by atoms with Gasteiger partial charge in [-0.05, 0) is 63.5 Å². The van der Waals surface area contributed by atoms with E-state index in [2.05, 4.69) is 27.1 Å². The van der Waals surface area contributed by atoms with Crippen LogP contribution in [0.25, 0.3) is 10.4 Å². The highest BCUT2D eigenvalue weighted by Crippen LogP contribution is 2.35. The Hall–Kier alpha value is -2.38. The predicted octanol–water partition coefficient (Wildman–Crippen LogP) is 4.65. The van der Waals surface area contributed by atoms with Crippen molar-refractivity contribution in [2.75, 3.05) is 20.2 Å². The first-order valence-electron chi connectivity index (χ1n) is 11.8. The summed E-state index contributed by atoms with van der Waals surface area (Å²) in [5, 5.41) is 3.73. The van der Waals surface area contributed by atoms with E-state index in [1.54, 1.807) is 0 Å². The van der Waals surface area contributed by atoms with Gasteiger partial charge in [0.25, 0.3) is 0 Å². The maximum absolute atomic E-state index is 13.1. The van der Waals surface area contributed by atoms with Gasteiger partial charge in [0.05, 0.1) is 31.9 Å². The minimum atomic E-state index is -0.915. The first-order chi connectivity index (χ1) is 15.8. The molecule has 1 aromatic carbocycles. The maximum Gasteiger partial charge on any atom is 0.323 e. The van der Waals surface area contributed by atoms with E-state index in [1.807, 2.05) is 51.1 Å². The smallest absolute Gasteiger partial charge is 0.323 e. The fraction of sp³-hybridized carbons (Fsp3) is 0.640. The van der Waals surface area contributed by atoms with Crippen molar-refractivity contribution in [2.24, 2.45) is 11.0 Å². The van der Waals surface area contributed by atoms with Crippen LogP contribution in [0.3, 0.4) is 0 Å². The zero-order chi connectivity index (χ0) is 23.8. The highest BCUT2D eigenvalue weighted by atomic mass is 16.7. The molecule has 0 bridgehead atoms. The third kappa shape index (κ3) is 7.30. The van der Waals surface area contributed by atoms with Crippen molar-refractivity contribution in [1.82, 2.24) is 4.90 Å². The van der Waals surface area contributed by atoms with Gasteiger partial charge in [0.1, 0.15) is 6.04 Å². The average Bonchev–Trinajstić information content (AvgIpc) is 3.60. The number of allylic oxidation sites excluding steroid dienone is 1. The maximum atomic E-state index is 13.1. The lowest BCUT2D eigenvalue weighted by molar-refractivity contribution is -0.305. The van der Waals surface area contributed by atoms with E-state index < -0.39 is 11.8 Å². The van der Waals surface area contributed by atoms with Gasteiger partial charge >= 0.3 is 5.97 Å². The number of carbonyl (C=O) groups is 1. The van der Waals surface area contributed by atoms with E-state index in [-0.39, 0.29) is 24.2 Å². The number of nitrogens with zero attached hydrogens (tertiary/aromatic N) is 4. The first-order valence-corrected chi connectivity index (χ1v) is 11.8. The third-order valence-corrected chi connectivity index (χ3v) is 6.04. The number of hydrogen-bond acceptors (Lipinski definition) is 6. The van der Waals surface area contributed by atoms with Crippen LogP contribution < -0.4 is 0 Å². The van der Waals surface area contributed by atoms with Crippen molar-refractivity contribution in [2.45, 2.75) is 76.5 Å².